The van der Waals surface area contributed by atoms with Gasteiger partial charge in [0.2, 0.25) is 5.91 Å². The van der Waals surface area contributed by atoms with E-state index in [-0.39, 0.29) is 18.4 Å². The molecule has 0 spiro atoms. The highest BCUT2D eigenvalue weighted by Gasteiger charge is 2.35. The average Bonchev–Trinajstić information content (AvgIpc) is 3.24. The lowest BCUT2D eigenvalue weighted by atomic mass is 10.0. The largest absolute Gasteiger partial charge is 0.480 e. The van der Waals surface area contributed by atoms with Crippen molar-refractivity contribution in [1.29, 1.82) is 0 Å². The number of aliphatic carboxylic acids is 1. The number of nitrogens with zero attached hydrogens (tertiary/aromatic N) is 2. The molecule has 2 amide bonds. The number of carbonyl (C=O) groups excluding carboxylic acids is 2. The van der Waals surface area contributed by atoms with Crippen LogP contribution in [0.5, 0.6) is 0 Å². The Kier molecular flexibility index (Phi) is 8.29. The number of carboxylic acid groups (broad SMARTS) is 1. The SMILES string of the molecule is C=Cc1ccc(C(=O)N(C(=O)CCCCCN)[C@@H](Cc2cnc[nH]2)C(=O)O)cc1. The number of aromatic amines is 1. The number of carboxylic acids is 1. The van der Waals surface area contributed by atoms with Crippen LogP contribution in [-0.2, 0) is 16.0 Å². The lowest BCUT2D eigenvalue weighted by Gasteiger charge is -2.27. The number of aromatic nitrogens is 2. The molecule has 1 aromatic carbocycles. The van der Waals surface area contributed by atoms with E-state index < -0.39 is 23.8 Å². The molecule has 0 aliphatic rings. The van der Waals surface area contributed by atoms with Crippen molar-refractivity contribution in [2.45, 2.75) is 38.1 Å². The molecule has 0 saturated heterocycles. The summed E-state index contributed by atoms with van der Waals surface area (Å²) in [5.74, 6) is -2.42. The number of hydrogen-bond donors (Lipinski definition) is 3. The van der Waals surface area contributed by atoms with Crippen LogP contribution in [0, 0.1) is 0 Å². The zero-order chi connectivity index (χ0) is 21.2. The molecule has 0 aliphatic heterocycles. The number of H-pyrrole nitrogens is 1. The Morgan fingerprint density at radius 3 is 2.48 bits per heavy atom. The molecular weight excluding hydrogens is 372 g/mol. The van der Waals surface area contributed by atoms with Crippen LogP contribution in [0.1, 0.15) is 47.3 Å². The summed E-state index contributed by atoms with van der Waals surface area (Å²) in [6.07, 6.45) is 6.58. The fourth-order valence-corrected chi connectivity index (χ4v) is 2.94. The summed E-state index contributed by atoms with van der Waals surface area (Å²) in [6.45, 7) is 4.18. The van der Waals surface area contributed by atoms with Crippen molar-refractivity contribution in [3.63, 3.8) is 0 Å². The predicted molar refractivity (Wildman–Crippen MR) is 109 cm³/mol. The Morgan fingerprint density at radius 2 is 1.93 bits per heavy atom. The number of nitrogens with one attached hydrogen (secondary N) is 1. The minimum Gasteiger partial charge on any atom is -0.480 e. The summed E-state index contributed by atoms with van der Waals surface area (Å²) in [7, 11) is 0. The summed E-state index contributed by atoms with van der Waals surface area (Å²) in [4.78, 5) is 45.5. The normalized spacial score (nSPS) is 11.6. The van der Waals surface area contributed by atoms with Crippen molar-refractivity contribution in [2.24, 2.45) is 5.73 Å². The molecule has 1 aromatic heterocycles. The van der Waals surface area contributed by atoms with Crippen LogP contribution in [-0.4, -0.2) is 50.3 Å². The maximum Gasteiger partial charge on any atom is 0.327 e. The molecule has 8 heteroatoms. The standard InChI is InChI=1S/C21H26N4O4/c1-2-15-7-9-16(10-8-15)20(27)25(19(26)6-4-3-5-11-22)18(21(28)29)12-17-13-23-14-24-17/h2,7-10,13-14,18H,1,3-6,11-12,22H2,(H,23,24)(H,28,29)/t18-/m0/s1. The first-order valence-electron chi connectivity index (χ1n) is 9.47. The van der Waals surface area contributed by atoms with Gasteiger partial charge in [-0.2, -0.15) is 0 Å². The third-order valence-corrected chi connectivity index (χ3v) is 4.54. The van der Waals surface area contributed by atoms with Gasteiger partial charge in [-0.05, 0) is 37.1 Å². The van der Waals surface area contributed by atoms with Gasteiger partial charge in [0.15, 0.2) is 0 Å². The number of nitrogens with two attached hydrogens (primary N) is 1. The summed E-state index contributed by atoms with van der Waals surface area (Å²) in [6, 6.07) is 5.15. The molecule has 0 fully saturated rings. The number of benzene rings is 1. The molecule has 0 saturated carbocycles. The summed E-state index contributed by atoms with van der Waals surface area (Å²) in [5, 5.41) is 9.77. The highest BCUT2D eigenvalue weighted by atomic mass is 16.4. The van der Waals surface area contributed by atoms with Crippen LogP contribution in [0.3, 0.4) is 0 Å². The fourth-order valence-electron chi connectivity index (χ4n) is 2.94. The number of unbranched alkanes of at least 4 members (excludes halogenated alkanes) is 2. The maximum absolute atomic E-state index is 13.1. The van der Waals surface area contributed by atoms with Crippen LogP contribution in [0.4, 0.5) is 0 Å². The van der Waals surface area contributed by atoms with E-state index in [1.165, 1.54) is 12.5 Å². The third-order valence-electron chi connectivity index (χ3n) is 4.54. The molecule has 0 unspecified atom stereocenters. The van der Waals surface area contributed by atoms with Crippen LogP contribution in [0.15, 0.2) is 43.4 Å². The maximum atomic E-state index is 13.1. The first-order valence-corrected chi connectivity index (χ1v) is 9.47. The second-order valence-electron chi connectivity index (χ2n) is 6.63. The van der Waals surface area contributed by atoms with E-state index in [0.29, 0.717) is 18.7 Å². The van der Waals surface area contributed by atoms with Crippen LogP contribution >= 0.6 is 0 Å². The van der Waals surface area contributed by atoms with Gasteiger partial charge in [0.05, 0.1) is 6.33 Å². The first kappa shape index (κ1) is 22.0. The second kappa shape index (κ2) is 10.9. The molecular formula is C21H26N4O4. The van der Waals surface area contributed by atoms with Gasteiger partial charge in [-0.1, -0.05) is 31.2 Å². The molecule has 0 aliphatic carbocycles. The second-order valence-corrected chi connectivity index (χ2v) is 6.63. The molecule has 2 rings (SSSR count). The smallest absolute Gasteiger partial charge is 0.327 e. The van der Waals surface area contributed by atoms with Crippen molar-refractivity contribution >= 4 is 23.9 Å². The monoisotopic (exact) mass is 398 g/mol. The van der Waals surface area contributed by atoms with Crippen molar-refractivity contribution in [1.82, 2.24) is 14.9 Å². The fraction of sp³-hybridized carbons (Fsp3) is 0.333. The molecule has 8 nitrogen and oxygen atoms in total. The molecule has 0 radical (unpaired) electrons. The minimum absolute atomic E-state index is 0.0552. The Morgan fingerprint density at radius 1 is 1.21 bits per heavy atom. The van der Waals surface area contributed by atoms with Crippen LogP contribution in [0.2, 0.25) is 0 Å². The van der Waals surface area contributed by atoms with Gasteiger partial charge in [-0.25, -0.2) is 9.78 Å². The number of hydrogen-bond acceptors (Lipinski definition) is 5. The van der Waals surface area contributed by atoms with Gasteiger partial charge in [-0.15, -0.1) is 0 Å². The van der Waals surface area contributed by atoms with E-state index >= 15 is 0 Å². The van der Waals surface area contributed by atoms with Gasteiger partial charge < -0.3 is 15.8 Å². The molecule has 4 N–H and O–H groups in total. The van der Waals surface area contributed by atoms with Crippen molar-refractivity contribution in [3.8, 4) is 0 Å². The van der Waals surface area contributed by atoms with Gasteiger partial charge >= 0.3 is 5.97 Å². The van der Waals surface area contributed by atoms with Gasteiger partial charge in [0.1, 0.15) is 6.04 Å². The Hall–Kier alpha value is -3.26. The highest BCUT2D eigenvalue weighted by Crippen LogP contribution is 2.17. The Bertz CT molecular complexity index is 831. The number of rotatable bonds is 11. The lowest BCUT2D eigenvalue weighted by Crippen LogP contribution is -2.49. The zero-order valence-corrected chi connectivity index (χ0v) is 16.2. The van der Waals surface area contributed by atoms with E-state index in [4.69, 9.17) is 5.73 Å². The Balaban J connectivity index is 2.31. The van der Waals surface area contributed by atoms with Crippen molar-refractivity contribution < 1.29 is 19.5 Å². The quantitative estimate of drug-likeness (QED) is 0.498. The van der Waals surface area contributed by atoms with Gasteiger partial charge in [0.25, 0.3) is 5.91 Å². The summed E-state index contributed by atoms with van der Waals surface area (Å²) < 4.78 is 0. The molecule has 2 aromatic rings. The summed E-state index contributed by atoms with van der Waals surface area (Å²) >= 11 is 0. The summed E-state index contributed by atoms with van der Waals surface area (Å²) in [5.41, 5.74) is 7.05. The van der Waals surface area contributed by atoms with Gasteiger partial charge in [0, 0.05) is 30.3 Å². The average molecular weight is 398 g/mol. The first-order chi connectivity index (χ1) is 14.0. The predicted octanol–water partition coefficient (Wildman–Crippen LogP) is 2.24. The number of amides is 2. The van der Waals surface area contributed by atoms with E-state index in [1.807, 2.05) is 0 Å². The zero-order valence-electron chi connectivity index (χ0n) is 16.2. The van der Waals surface area contributed by atoms with Crippen LogP contribution < -0.4 is 5.73 Å². The van der Waals surface area contributed by atoms with Crippen molar-refractivity contribution in [2.75, 3.05) is 6.54 Å². The number of imide groups is 1. The Labute approximate surface area is 169 Å². The van der Waals surface area contributed by atoms with E-state index in [0.717, 1.165) is 23.3 Å². The highest BCUT2D eigenvalue weighted by molar-refractivity contribution is 6.07. The molecule has 1 heterocycles. The topological polar surface area (TPSA) is 129 Å². The van der Waals surface area contributed by atoms with Gasteiger partial charge in [-0.3, -0.25) is 14.5 Å². The van der Waals surface area contributed by atoms with E-state index in [1.54, 1.807) is 30.3 Å². The minimum atomic E-state index is -1.34. The van der Waals surface area contributed by atoms with E-state index in [2.05, 4.69) is 16.5 Å². The molecule has 0 bridgehead atoms. The number of imidazole rings is 1. The van der Waals surface area contributed by atoms with E-state index in [9.17, 15) is 19.5 Å². The molecule has 1 atom stereocenters. The third kappa shape index (κ3) is 6.11. The number of carbonyl (C=O) groups is 3. The molecule has 29 heavy (non-hydrogen) atoms. The lowest BCUT2D eigenvalue weighted by molar-refractivity contribution is -0.148. The molecule has 154 valence electrons. The van der Waals surface area contributed by atoms with Crippen LogP contribution in [0.25, 0.3) is 6.08 Å². The van der Waals surface area contributed by atoms with Crippen molar-refractivity contribution in [3.05, 3.63) is 60.2 Å².